The maximum atomic E-state index is 12.7. The number of hydrogen-bond donors (Lipinski definition) is 3. The minimum atomic E-state index is -4.99. The second kappa shape index (κ2) is 6.58. The molecule has 1 amide bonds. The van der Waals surface area contributed by atoms with E-state index < -0.39 is 40.8 Å². The molecule has 5 nitrogen and oxygen atoms in total. The summed E-state index contributed by atoms with van der Waals surface area (Å²) in [6, 6.07) is 0.818. The van der Waals surface area contributed by atoms with Crippen LogP contribution in [0, 0.1) is 0 Å². The lowest BCUT2D eigenvalue weighted by Gasteiger charge is -2.13. The number of carbonyl (C=O) groups excluding carboxylic acids is 1. The Morgan fingerprint density at radius 1 is 1.00 bits per heavy atom. The zero-order valence-corrected chi connectivity index (χ0v) is 11.2. The minimum Gasteiger partial charge on any atom is -0.382 e. The lowest BCUT2D eigenvalue weighted by molar-refractivity contribution is -0.143. The first-order valence-corrected chi connectivity index (χ1v) is 5.76. The van der Waals surface area contributed by atoms with Crippen molar-refractivity contribution in [1.29, 1.82) is 0 Å². The van der Waals surface area contributed by atoms with Gasteiger partial charge >= 0.3 is 12.4 Å². The minimum absolute atomic E-state index is 0.0306. The normalized spacial score (nSPS) is 13.4. The van der Waals surface area contributed by atoms with Crippen molar-refractivity contribution >= 4 is 11.7 Å². The standard InChI is InChI=1S/C12H10F6N4O/c13-11(14,15)7-3-6(4-8(5-7)12(16,17)18)10(20)22-21-2-1-9(19)23/h1-5,21H,(H2,19,23)(H2,20,22)/b2-1-. The highest BCUT2D eigenvalue weighted by atomic mass is 19.4. The number of halogens is 6. The molecular weight excluding hydrogens is 330 g/mol. The number of benzene rings is 1. The largest absolute Gasteiger partial charge is 0.416 e. The third kappa shape index (κ3) is 5.52. The molecule has 0 saturated carbocycles. The average Bonchev–Trinajstić information content (AvgIpc) is 2.40. The number of amidine groups is 1. The van der Waals surface area contributed by atoms with Gasteiger partial charge in [-0.15, -0.1) is 0 Å². The van der Waals surface area contributed by atoms with Gasteiger partial charge in [-0.25, -0.2) is 0 Å². The molecule has 0 fully saturated rings. The van der Waals surface area contributed by atoms with E-state index in [2.05, 4.69) is 10.5 Å². The summed E-state index contributed by atoms with van der Waals surface area (Å²) >= 11 is 0. The fraction of sp³-hybridized carbons (Fsp3) is 0.167. The van der Waals surface area contributed by atoms with Gasteiger partial charge in [-0.1, -0.05) is 0 Å². The van der Waals surface area contributed by atoms with E-state index in [0.29, 0.717) is 12.1 Å². The van der Waals surface area contributed by atoms with E-state index in [9.17, 15) is 31.1 Å². The van der Waals surface area contributed by atoms with Crippen molar-refractivity contribution in [2.45, 2.75) is 12.4 Å². The van der Waals surface area contributed by atoms with E-state index in [4.69, 9.17) is 11.5 Å². The van der Waals surface area contributed by atoms with Gasteiger partial charge < -0.3 is 11.5 Å². The lowest BCUT2D eigenvalue weighted by atomic mass is 10.0. The Morgan fingerprint density at radius 2 is 1.48 bits per heavy atom. The van der Waals surface area contributed by atoms with Crippen LogP contribution in [0.25, 0.3) is 0 Å². The molecular formula is C12H10F6N4O. The van der Waals surface area contributed by atoms with Gasteiger partial charge in [0.2, 0.25) is 5.91 Å². The fourth-order valence-corrected chi connectivity index (χ4v) is 1.39. The Hall–Kier alpha value is -2.72. The van der Waals surface area contributed by atoms with E-state index in [1.54, 1.807) is 0 Å². The Labute approximate surface area is 125 Å². The summed E-state index contributed by atoms with van der Waals surface area (Å²) in [5.41, 5.74) is 8.52. The highest BCUT2D eigenvalue weighted by Gasteiger charge is 2.37. The van der Waals surface area contributed by atoms with Gasteiger partial charge in [0.1, 0.15) is 0 Å². The number of carbonyl (C=O) groups is 1. The maximum absolute atomic E-state index is 12.7. The van der Waals surface area contributed by atoms with Gasteiger partial charge in [0.05, 0.1) is 11.1 Å². The van der Waals surface area contributed by atoms with Gasteiger partial charge in [-0.2, -0.15) is 31.4 Å². The van der Waals surface area contributed by atoms with Crippen LogP contribution in [0.3, 0.4) is 0 Å². The Bertz CT molecular complexity index is 616. The van der Waals surface area contributed by atoms with E-state index >= 15 is 0 Å². The van der Waals surface area contributed by atoms with Crippen LogP contribution in [0.1, 0.15) is 16.7 Å². The molecule has 0 aliphatic heterocycles. The van der Waals surface area contributed by atoms with Crippen LogP contribution in [0.4, 0.5) is 26.3 Å². The lowest BCUT2D eigenvalue weighted by Crippen LogP contribution is -2.20. The number of primary amides is 1. The van der Waals surface area contributed by atoms with E-state index in [-0.39, 0.29) is 6.07 Å². The molecule has 0 bridgehead atoms. The van der Waals surface area contributed by atoms with Crippen molar-refractivity contribution < 1.29 is 31.1 Å². The summed E-state index contributed by atoms with van der Waals surface area (Å²) in [4.78, 5) is 10.4. The zero-order chi connectivity index (χ0) is 17.8. The van der Waals surface area contributed by atoms with Gasteiger partial charge in [0.15, 0.2) is 5.84 Å². The van der Waals surface area contributed by atoms with Crippen LogP contribution in [-0.2, 0) is 17.1 Å². The quantitative estimate of drug-likeness (QED) is 0.257. The molecule has 0 atom stereocenters. The summed E-state index contributed by atoms with van der Waals surface area (Å²) in [5, 5.41) is 3.33. The molecule has 0 saturated heterocycles. The smallest absolute Gasteiger partial charge is 0.382 e. The average molecular weight is 340 g/mol. The summed E-state index contributed by atoms with van der Waals surface area (Å²) in [6.45, 7) is 0. The topological polar surface area (TPSA) is 93.5 Å². The van der Waals surface area contributed by atoms with Gasteiger partial charge in [-0.3, -0.25) is 10.2 Å². The molecule has 0 radical (unpaired) electrons. The third-order valence-electron chi connectivity index (χ3n) is 2.39. The molecule has 1 aromatic carbocycles. The van der Waals surface area contributed by atoms with Crippen LogP contribution in [0.15, 0.2) is 35.6 Å². The van der Waals surface area contributed by atoms with Crippen molar-refractivity contribution in [2.24, 2.45) is 16.6 Å². The van der Waals surface area contributed by atoms with Crippen LogP contribution >= 0.6 is 0 Å². The summed E-state index contributed by atoms with van der Waals surface area (Å²) in [6.07, 6.45) is -8.25. The van der Waals surface area contributed by atoms with Gasteiger partial charge in [0, 0.05) is 17.8 Å². The molecule has 126 valence electrons. The first-order valence-electron chi connectivity index (χ1n) is 5.76. The molecule has 0 aromatic heterocycles. The predicted octanol–water partition coefficient (Wildman–Crippen LogP) is 1.93. The number of nitrogens with one attached hydrogen (secondary N) is 1. The highest BCUT2D eigenvalue weighted by molar-refractivity contribution is 5.97. The maximum Gasteiger partial charge on any atom is 0.416 e. The van der Waals surface area contributed by atoms with Crippen molar-refractivity contribution in [3.63, 3.8) is 0 Å². The van der Waals surface area contributed by atoms with Crippen LogP contribution in [0.2, 0.25) is 0 Å². The van der Waals surface area contributed by atoms with Crippen molar-refractivity contribution in [1.82, 2.24) is 5.43 Å². The van der Waals surface area contributed by atoms with Crippen molar-refractivity contribution in [3.8, 4) is 0 Å². The first-order chi connectivity index (χ1) is 10.4. The van der Waals surface area contributed by atoms with Crippen molar-refractivity contribution in [3.05, 3.63) is 47.2 Å². The SMILES string of the molecule is NC(=O)/C=C\N/N=C(\N)c1cc(C(F)(F)F)cc(C(F)(F)F)c1. The Balaban J connectivity index is 3.24. The molecule has 1 rings (SSSR count). The van der Waals surface area contributed by atoms with E-state index in [1.165, 1.54) is 0 Å². The fourth-order valence-electron chi connectivity index (χ4n) is 1.39. The summed E-state index contributed by atoms with van der Waals surface area (Å²) in [5.74, 6) is -1.49. The second-order valence-electron chi connectivity index (χ2n) is 4.16. The van der Waals surface area contributed by atoms with Gasteiger partial charge in [-0.05, 0) is 18.2 Å². The molecule has 23 heavy (non-hydrogen) atoms. The number of nitrogens with zero attached hydrogens (tertiary/aromatic N) is 1. The molecule has 0 spiro atoms. The van der Waals surface area contributed by atoms with Crippen molar-refractivity contribution in [2.75, 3.05) is 0 Å². The highest BCUT2D eigenvalue weighted by Crippen LogP contribution is 2.36. The van der Waals surface area contributed by atoms with E-state index in [1.807, 2.05) is 0 Å². The Kier molecular flexibility index (Phi) is 5.25. The number of rotatable bonds is 4. The molecule has 5 N–H and O–H groups in total. The summed E-state index contributed by atoms with van der Waals surface area (Å²) in [7, 11) is 0. The number of nitrogens with two attached hydrogens (primary N) is 2. The molecule has 0 heterocycles. The molecule has 0 aliphatic rings. The number of alkyl halides is 6. The first kappa shape index (κ1) is 18.3. The Morgan fingerprint density at radius 3 is 1.87 bits per heavy atom. The molecule has 0 aliphatic carbocycles. The summed E-state index contributed by atoms with van der Waals surface area (Å²) < 4.78 is 76.0. The third-order valence-corrected chi connectivity index (χ3v) is 2.39. The number of amides is 1. The van der Waals surface area contributed by atoms with Crippen LogP contribution in [-0.4, -0.2) is 11.7 Å². The van der Waals surface area contributed by atoms with Gasteiger partial charge in [0.25, 0.3) is 0 Å². The molecule has 1 aromatic rings. The molecule has 0 unspecified atom stereocenters. The molecule has 11 heteroatoms. The second-order valence-corrected chi connectivity index (χ2v) is 4.16. The number of hydrazone groups is 1. The van der Waals surface area contributed by atoms with Crippen LogP contribution in [0.5, 0.6) is 0 Å². The van der Waals surface area contributed by atoms with Crippen LogP contribution < -0.4 is 16.9 Å². The predicted molar refractivity (Wildman–Crippen MR) is 68.6 cm³/mol. The number of hydrogen-bond acceptors (Lipinski definition) is 3. The zero-order valence-electron chi connectivity index (χ0n) is 11.2. The monoisotopic (exact) mass is 340 g/mol. The van der Waals surface area contributed by atoms with E-state index in [0.717, 1.165) is 12.3 Å².